The number of amides is 1. The summed E-state index contributed by atoms with van der Waals surface area (Å²) >= 11 is 4.70. The molecule has 0 aromatic heterocycles. The third-order valence-corrected chi connectivity index (χ3v) is 1.97. The van der Waals surface area contributed by atoms with Crippen LogP contribution in [0.25, 0.3) is 0 Å². The number of rotatable bonds is 1. The molecule has 1 aromatic rings. The van der Waals surface area contributed by atoms with Crippen LogP contribution in [-0.2, 0) is 4.79 Å². The fourth-order valence-electron chi connectivity index (χ4n) is 1.15. The highest BCUT2D eigenvalue weighted by Crippen LogP contribution is 2.19. The molecule has 0 saturated heterocycles. The lowest BCUT2D eigenvalue weighted by atomic mass is 10.1. The predicted molar refractivity (Wildman–Crippen MR) is 57.1 cm³/mol. The molecule has 1 amide bonds. The number of para-hydroxylation sites is 1. The molecule has 74 valence electrons. The topological polar surface area (TPSA) is 74.4 Å². The summed E-state index contributed by atoms with van der Waals surface area (Å²) in [5.41, 5.74) is 0.330. The normalized spacial score (nSPS) is 15.3. The number of hydrogen-bond acceptors (Lipinski definition) is 3. The number of aromatic hydroxyl groups is 1. The number of phenolic OH excluding ortho intramolecular Hbond substituents is 1. The van der Waals surface area contributed by atoms with Crippen molar-refractivity contribution in [1.82, 2.24) is 0 Å². The molecule has 0 fully saturated rings. The van der Waals surface area contributed by atoms with Gasteiger partial charge in [0.1, 0.15) is 11.5 Å². The van der Waals surface area contributed by atoms with E-state index in [-0.39, 0.29) is 16.6 Å². The fraction of sp³-hybridized carbons (Fsp3) is 0. The number of aliphatic imine (C=N–C) groups is 1. The largest absolute Gasteiger partial charge is 0.507 e. The first kappa shape index (κ1) is 9.60. The van der Waals surface area contributed by atoms with Crippen molar-refractivity contribution in [3.63, 3.8) is 0 Å². The molecular weight excluding hydrogens is 214 g/mol. The zero-order valence-corrected chi connectivity index (χ0v) is 8.23. The van der Waals surface area contributed by atoms with Crippen molar-refractivity contribution in [1.29, 1.82) is 0 Å². The van der Waals surface area contributed by atoms with Crippen LogP contribution in [0.1, 0.15) is 5.56 Å². The fourth-order valence-corrected chi connectivity index (χ4v) is 1.28. The van der Waals surface area contributed by atoms with E-state index in [4.69, 9.17) is 12.2 Å². The van der Waals surface area contributed by atoms with Crippen LogP contribution in [0.15, 0.2) is 39.5 Å². The van der Waals surface area contributed by atoms with Gasteiger partial charge in [-0.3, -0.25) is 4.79 Å². The van der Waals surface area contributed by atoms with Gasteiger partial charge in [0.2, 0.25) is 5.11 Å². The molecule has 5 nitrogen and oxygen atoms in total. The Kier molecular flexibility index (Phi) is 2.34. The Morgan fingerprint density at radius 2 is 1.93 bits per heavy atom. The number of benzene rings is 1. The molecule has 1 N–H and O–H groups in total. The summed E-state index contributed by atoms with van der Waals surface area (Å²) in [6.45, 7) is 0. The van der Waals surface area contributed by atoms with E-state index in [1.54, 1.807) is 18.2 Å². The van der Waals surface area contributed by atoms with Gasteiger partial charge in [0.25, 0.3) is 0 Å². The highest BCUT2D eigenvalue weighted by atomic mass is 32.1. The van der Waals surface area contributed by atoms with E-state index in [0.29, 0.717) is 5.56 Å². The van der Waals surface area contributed by atoms with Gasteiger partial charge in [-0.2, -0.15) is 0 Å². The minimum absolute atomic E-state index is 0.0205. The van der Waals surface area contributed by atoms with Crippen LogP contribution in [0.4, 0.5) is 0 Å². The Morgan fingerprint density at radius 1 is 1.20 bits per heavy atom. The summed E-state index contributed by atoms with van der Waals surface area (Å²) in [6.07, 6.45) is 0. The van der Waals surface area contributed by atoms with Crippen LogP contribution in [0.5, 0.6) is 5.75 Å². The van der Waals surface area contributed by atoms with Crippen molar-refractivity contribution in [3.05, 3.63) is 29.8 Å². The number of carbonyl (C=O) groups excluding carboxylic acids is 1. The molecule has 0 aliphatic carbocycles. The molecule has 0 atom stereocenters. The molecule has 1 aliphatic heterocycles. The first-order valence-corrected chi connectivity index (χ1v) is 4.46. The van der Waals surface area contributed by atoms with Crippen molar-refractivity contribution in [3.8, 4) is 5.75 Å². The second kappa shape index (κ2) is 3.66. The molecule has 1 aliphatic rings. The van der Waals surface area contributed by atoms with Gasteiger partial charge >= 0.3 is 5.91 Å². The first-order valence-electron chi connectivity index (χ1n) is 4.05. The Hall–Kier alpha value is -1.95. The lowest BCUT2D eigenvalue weighted by Crippen LogP contribution is -2.17. The number of phenols is 1. The Balaban J connectivity index is 2.52. The van der Waals surface area contributed by atoms with E-state index in [9.17, 15) is 9.90 Å². The summed E-state index contributed by atoms with van der Waals surface area (Å²) in [4.78, 5) is 15.1. The number of thiocarbonyl (C=S) groups is 1. The number of hydrogen-bond donors (Lipinski definition) is 1. The summed E-state index contributed by atoms with van der Waals surface area (Å²) in [6, 6.07) is 6.35. The smallest absolute Gasteiger partial charge is 0.314 e. The number of azo groups is 1. The minimum atomic E-state index is -0.606. The van der Waals surface area contributed by atoms with E-state index in [0.717, 1.165) is 0 Å². The average molecular weight is 219 g/mol. The predicted octanol–water partition coefficient (Wildman–Crippen LogP) is 1.46. The molecule has 0 spiro atoms. The molecule has 0 unspecified atom stereocenters. The van der Waals surface area contributed by atoms with Gasteiger partial charge in [-0.15, -0.1) is 10.2 Å². The van der Waals surface area contributed by atoms with Crippen molar-refractivity contribution < 1.29 is 9.90 Å². The summed E-state index contributed by atoms with van der Waals surface area (Å²) in [7, 11) is 0. The molecule has 1 aromatic carbocycles. The van der Waals surface area contributed by atoms with Crippen LogP contribution >= 0.6 is 12.2 Å². The van der Waals surface area contributed by atoms with Gasteiger partial charge in [0.15, 0.2) is 0 Å². The van der Waals surface area contributed by atoms with E-state index >= 15 is 0 Å². The lowest BCUT2D eigenvalue weighted by Gasteiger charge is -2.06. The van der Waals surface area contributed by atoms with Gasteiger partial charge < -0.3 is 5.11 Å². The maximum Gasteiger partial charge on any atom is 0.314 e. The Morgan fingerprint density at radius 3 is 2.67 bits per heavy atom. The third-order valence-electron chi connectivity index (χ3n) is 1.80. The average Bonchev–Trinajstić information content (AvgIpc) is 2.23. The highest BCUT2D eigenvalue weighted by Gasteiger charge is 2.20. The maximum atomic E-state index is 11.3. The Bertz CT molecular complexity index is 508. The molecule has 0 radical (unpaired) electrons. The second-order valence-corrected chi connectivity index (χ2v) is 3.13. The number of nitrogens with zero attached hydrogens (tertiary/aromatic N) is 3. The zero-order chi connectivity index (χ0) is 10.8. The quantitative estimate of drug-likeness (QED) is 0.726. The van der Waals surface area contributed by atoms with Crippen LogP contribution in [0.2, 0.25) is 0 Å². The summed E-state index contributed by atoms with van der Waals surface area (Å²) < 4.78 is 0. The minimum Gasteiger partial charge on any atom is -0.507 e. The van der Waals surface area contributed by atoms with Gasteiger partial charge in [-0.25, -0.2) is 4.99 Å². The van der Waals surface area contributed by atoms with E-state index < -0.39 is 5.91 Å². The van der Waals surface area contributed by atoms with Crippen molar-refractivity contribution >= 4 is 28.9 Å². The van der Waals surface area contributed by atoms with Crippen LogP contribution < -0.4 is 0 Å². The molecule has 6 heteroatoms. The van der Waals surface area contributed by atoms with Crippen LogP contribution in [0, 0.1) is 0 Å². The van der Waals surface area contributed by atoms with Gasteiger partial charge in [0, 0.05) is 5.56 Å². The van der Waals surface area contributed by atoms with E-state index in [1.165, 1.54) is 6.07 Å². The SMILES string of the molecule is O=C1N=NC(=S)N=C1c1ccccc1O. The molecule has 1 heterocycles. The van der Waals surface area contributed by atoms with Crippen LogP contribution in [0.3, 0.4) is 0 Å². The first-order chi connectivity index (χ1) is 7.18. The van der Waals surface area contributed by atoms with Crippen molar-refractivity contribution in [2.24, 2.45) is 15.2 Å². The second-order valence-electron chi connectivity index (χ2n) is 2.77. The van der Waals surface area contributed by atoms with Crippen LogP contribution in [-0.4, -0.2) is 21.8 Å². The van der Waals surface area contributed by atoms with Gasteiger partial charge in [0.05, 0.1) is 0 Å². The molecule has 15 heavy (non-hydrogen) atoms. The number of carbonyl (C=O) groups is 1. The van der Waals surface area contributed by atoms with E-state index in [2.05, 4.69) is 15.2 Å². The summed E-state index contributed by atoms with van der Waals surface area (Å²) in [5.74, 6) is -0.644. The van der Waals surface area contributed by atoms with Crippen molar-refractivity contribution in [2.75, 3.05) is 0 Å². The standard InChI is InChI=1S/C9H5N3O2S/c13-6-4-2-1-3-5(6)7-8(14)11-12-9(15)10-7/h1-4,13H. The van der Waals surface area contributed by atoms with Crippen molar-refractivity contribution in [2.45, 2.75) is 0 Å². The Labute approximate surface area is 90.2 Å². The summed E-state index contributed by atoms with van der Waals surface area (Å²) in [5, 5.41) is 16.2. The monoisotopic (exact) mass is 219 g/mol. The highest BCUT2D eigenvalue weighted by molar-refractivity contribution is 7.80. The maximum absolute atomic E-state index is 11.3. The van der Waals surface area contributed by atoms with Gasteiger partial charge in [-0.1, -0.05) is 12.1 Å². The third kappa shape index (κ3) is 1.79. The molecule has 0 bridgehead atoms. The van der Waals surface area contributed by atoms with Gasteiger partial charge in [-0.05, 0) is 24.4 Å². The molecule has 2 rings (SSSR count). The molecular formula is C9H5N3O2S. The van der Waals surface area contributed by atoms with E-state index in [1.807, 2.05) is 0 Å². The molecule has 0 saturated carbocycles. The zero-order valence-electron chi connectivity index (χ0n) is 7.41. The lowest BCUT2D eigenvalue weighted by molar-refractivity contribution is -0.112.